The Balaban J connectivity index is 2.35. The molecule has 0 fully saturated rings. The molecule has 0 N–H and O–H groups in total. The fraction of sp³-hybridized carbons (Fsp3) is 0.125. The van der Waals surface area contributed by atoms with Gasteiger partial charge in [-0.25, -0.2) is 4.98 Å². The molecule has 2 heterocycles. The van der Waals surface area contributed by atoms with Crippen LogP contribution < -0.4 is 4.74 Å². The topological polar surface area (TPSA) is 22.1 Å². The zero-order valence-electron chi connectivity index (χ0n) is 6.78. The first-order chi connectivity index (χ1) is 6.29. The van der Waals surface area contributed by atoms with Crippen molar-refractivity contribution in [2.75, 3.05) is 7.11 Å². The lowest BCUT2D eigenvalue weighted by Gasteiger charge is -1.89. The van der Waals surface area contributed by atoms with E-state index in [2.05, 4.69) is 20.9 Å². The van der Waals surface area contributed by atoms with Gasteiger partial charge in [0.25, 0.3) is 0 Å². The second-order valence-electron chi connectivity index (χ2n) is 2.30. The summed E-state index contributed by atoms with van der Waals surface area (Å²) in [5.74, 6) is 0.685. The van der Waals surface area contributed by atoms with Gasteiger partial charge in [0.1, 0.15) is 5.01 Å². The quantitative estimate of drug-likeness (QED) is 0.835. The van der Waals surface area contributed by atoms with Crippen LogP contribution in [0, 0.1) is 0 Å². The van der Waals surface area contributed by atoms with E-state index in [-0.39, 0.29) is 0 Å². The molecule has 0 radical (unpaired) electrons. The van der Waals surface area contributed by atoms with E-state index in [1.54, 1.807) is 29.8 Å². The summed E-state index contributed by atoms with van der Waals surface area (Å²) in [5, 5.41) is 2.91. The highest BCUT2D eigenvalue weighted by Gasteiger charge is 2.06. The molecule has 0 atom stereocenters. The van der Waals surface area contributed by atoms with Crippen LogP contribution in [0.1, 0.15) is 0 Å². The number of nitrogens with zero attached hydrogens (tertiary/aromatic N) is 1. The first kappa shape index (κ1) is 9.18. The van der Waals surface area contributed by atoms with Gasteiger partial charge in [-0.05, 0) is 28.1 Å². The largest absolute Gasteiger partial charge is 0.480 e. The van der Waals surface area contributed by atoms with Crippen LogP contribution in [-0.2, 0) is 0 Å². The molecular weight excluding hydrogens is 270 g/mol. The Morgan fingerprint density at radius 3 is 2.85 bits per heavy atom. The molecular formula is C8H6BrNOS2. The Labute approximate surface area is 92.3 Å². The van der Waals surface area contributed by atoms with E-state index in [4.69, 9.17) is 4.74 Å². The van der Waals surface area contributed by atoms with Crippen LogP contribution in [0.5, 0.6) is 5.88 Å². The SMILES string of the molecule is COc1csc(-c2ccc(Br)s2)n1. The number of thiophene rings is 1. The van der Waals surface area contributed by atoms with Gasteiger partial charge in [-0.15, -0.1) is 22.7 Å². The van der Waals surface area contributed by atoms with Gasteiger partial charge in [-0.2, -0.15) is 0 Å². The summed E-state index contributed by atoms with van der Waals surface area (Å²) < 4.78 is 6.14. The Kier molecular flexibility index (Phi) is 2.66. The Morgan fingerprint density at radius 1 is 1.46 bits per heavy atom. The summed E-state index contributed by atoms with van der Waals surface area (Å²) in [6.07, 6.45) is 0. The van der Waals surface area contributed by atoms with Gasteiger partial charge in [0.05, 0.1) is 21.2 Å². The van der Waals surface area contributed by atoms with E-state index in [0.29, 0.717) is 5.88 Å². The highest BCUT2D eigenvalue weighted by molar-refractivity contribution is 9.11. The molecule has 0 spiro atoms. The van der Waals surface area contributed by atoms with Crippen molar-refractivity contribution in [3.8, 4) is 15.8 Å². The zero-order chi connectivity index (χ0) is 9.26. The molecule has 0 aliphatic heterocycles. The maximum atomic E-state index is 5.02. The normalized spacial score (nSPS) is 10.3. The number of ether oxygens (including phenoxy) is 1. The standard InChI is InChI=1S/C8H6BrNOS2/c1-11-7-4-12-8(10-7)5-2-3-6(9)13-5/h2-4H,1H3. The molecule has 5 heteroatoms. The van der Waals surface area contributed by atoms with Crippen molar-refractivity contribution in [1.29, 1.82) is 0 Å². The van der Waals surface area contributed by atoms with Crippen LogP contribution in [0.3, 0.4) is 0 Å². The lowest BCUT2D eigenvalue weighted by Crippen LogP contribution is -1.80. The average molecular weight is 276 g/mol. The third-order valence-electron chi connectivity index (χ3n) is 1.48. The zero-order valence-corrected chi connectivity index (χ0v) is 10.0. The van der Waals surface area contributed by atoms with E-state index in [0.717, 1.165) is 8.79 Å². The second-order valence-corrected chi connectivity index (χ2v) is 5.62. The average Bonchev–Trinajstić information content (AvgIpc) is 2.71. The van der Waals surface area contributed by atoms with E-state index < -0.39 is 0 Å². The number of halogens is 1. The predicted octanol–water partition coefficient (Wildman–Crippen LogP) is 3.64. The number of rotatable bonds is 2. The Bertz CT molecular complexity index is 410. The van der Waals surface area contributed by atoms with Gasteiger partial charge >= 0.3 is 0 Å². The lowest BCUT2D eigenvalue weighted by atomic mass is 10.5. The van der Waals surface area contributed by atoms with Crippen molar-refractivity contribution in [1.82, 2.24) is 4.98 Å². The van der Waals surface area contributed by atoms with Crippen molar-refractivity contribution in [2.24, 2.45) is 0 Å². The van der Waals surface area contributed by atoms with Crippen LogP contribution in [0.25, 0.3) is 9.88 Å². The molecule has 2 nitrogen and oxygen atoms in total. The highest BCUT2D eigenvalue weighted by Crippen LogP contribution is 2.34. The van der Waals surface area contributed by atoms with Gasteiger partial charge in [0.2, 0.25) is 5.88 Å². The number of hydrogen-bond acceptors (Lipinski definition) is 4. The third kappa shape index (κ3) is 1.92. The number of aromatic nitrogens is 1. The third-order valence-corrected chi connectivity index (χ3v) is 4.09. The fourth-order valence-corrected chi connectivity index (χ4v) is 3.12. The van der Waals surface area contributed by atoms with Crippen molar-refractivity contribution >= 4 is 38.6 Å². The van der Waals surface area contributed by atoms with Crippen molar-refractivity contribution in [2.45, 2.75) is 0 Å². The smallest absolute Gasteiger partial charge is 0.224 e. The van der Waals surface area contributed by atoms with Gasteiger partial charge in [-0.3, -0.25) is 0 Å². The van der Waals surface area contributed by atoms with Gasteiger partial charge in [0, 0.05) is 0 Å². The molecule has 13 heavy (non-hydrogen) atoms. The molecule has 0 aliphatic carbocycles. The Hall–Kier alpha value is -0.390. The highest BCUT2D eigenvalue weighted by atomic mass is 79.9. The predicted molar refractivity (Wildman–Crippen MR) is 59.7 cm³/mol. The minimum Gasteiger partial charge on any atom is -0.480 e. The van der Waals surface area contributed by atoms with E-state index in [1.807, 2.05) is 17.5 Å². The summed E-state index contributed by atoms with van der Waals surface area (Å²) in [7, 11) is 1.63. The molecule has 0 unspecified atom stereocenters. The molecule has 2 aromatic rings. The van der Waals surface area contributed by atoms with E-state index in [9.17, 15) is 0 Å². The molecule has 2 rings (SSSR count). The summed E-state index contributed by atoms with van der Waals surface area (Å²) in [6, 6.07) is 4.07. The first-order valence-corrected chi connectivity index (χ1v) is 6.04. The van der Waals surface area contributed by atoms with Crippen molar-refractivity contribution < 1.29 is 4.74 Å². The summed E-state index contributed by atoms with van der Waals surface area (Å²) in [4.78, 5) is 5.47. The fourth-order valence-electron chi connectivity index (χ4n) is 0.895. The number of thiazole rings is 1. The minimum absolute atomic E-state index is 0.685. The minimum atomic E-state index is 0.685. The molecule has 2 aromatic heterocycles. The number of hydrogen-bond donors (Lipinski definition) is 0. The molecule has 68 valence electrons. The summed E-state index contributed by atoms with van der Waals surface area (Å²) in [6.45, 7) is 0. The monoisotopic (exact) mass is 275 g/mol. The Morgan fingerprint density at radius 2 is 2.31 bits per heavy atom. The first-order valence-electron chi connectivity index (χ1n) is 3.55. The van der Waals surface area contributed by atoms with E-state index in [1.165, 1.54) is 4.88 Å². The molecule has 0 saturated carbocycles. The van der Waals surface area contributed by atoms with Gasteiger partial charge in [0.15, 0.2) is 0 Å². The van der Waals surface area contributed by atoms with Gasteiger partial charge in [-0.1, -0.05) is 0 Å². The van der Waals surface area contributed by atoms with Crippen LogP contribution in [0.2, 0.25) is 0 Å². The maximum Gasteiger partial charge on any atom is 0.224 e. The molecule has 0 aromatic carbocycles. The second kappa shape index (κ2) is 3.77. The maximum absolute atomic E-state index is 5.02. The summed E-state index contributed by atoms with van der Waals surface area (Å²) >= 11 is 6.69. The molecule has 0 aliphatic rings. The molecule has 0 amide bonds. The van der Waals surface area contributed by atoms with Crippen molar-refractivity contribution in [3.05, 3.63) is 21.3 Å². The number of methoxy groups -OCH3 is 1. The van der Waals surface area contributed by atoms with Crippen LogP contribution >= 0.6 is 38.6 Å². The van der Waals surface area contributed by atoms with Crippen LogP contribution in [0.15, 0.2) is 21.3 Å². The molecule has 0 bridgehead atoms. The molecule has 0 saturated heterocycles. The lowest BCUT2D eigenvalue weighted by molar-refractivity contribution is 0.401. The summed E-state index contributed by atoms with van der Waals surface area (Å²) in [5.41, 5.74) is 0. The van der Waals surface area contributed by atoms with Crippen LogP contribution in [-0.4, -0.2) is 12.1 Å². The van der Waals surface area contributed by atoms with E-state index >= 15 is 0 Å². The van der Waals surface area contributed by atoms with Gasteiger partial charge < -0.3 is 4.74 Å². The van der Waals surface area contributed by atoms with Crippen LogP contribution in [0.4, 0.5) is 0 Å². The van der Waals surface area contributed by atoms with Crippen molar-refractivity contribution in [3.63, 3.8) is 0 Å².